The third-order valence-electron chi connectivity index (χ3n) is 4.10. The van der Waals surface area contributed by atoms with Crippen LogP contribution in [0.25, 0.3) is 0 Å². The Hall–Kier alpha value is -0.130. The van der Waals surface area contributed by atoms with Crippen LogP contribution in [0.2, 0.25) is 0 Å². The van der Waals surface area contributed by atoms with Gasteiger partial charge in [-0.15, -0.1) is 0 Å². The fourth-order valence-corrected chi connectivity index (χ4v) is 3.76. The lowest BCUT2D eigenvalue weighted by Crippen LogP contribution is -2.52. The van der Waals surface area contributed by atoms with Crippen LogP contribution in [-0.4, -0.2) is 46.2 Å². The number of likely N-dealkylation sites (N-methyl/N-ethyl adjacent to an activating group) is 1. The predicted octanol–water partition coefficient (Wildman–Crippen LogP) is 1.75. The largest absolute Gasteiger partial charge is 0.377 e. The van der Waals surface area contributed by atoms with Gasteiger partial charge in [0.15, 0.2) is 0 Å². The maximum Gasteiger partial charge on any atom is 0.147 e. The molecule has 1 N–H and O–H groups in total. The summed E-state index contributed by atoms with van der Waals surface area (Å²) in [5.74, 6) is 0.269. The van der Waals surface area contributed by atoms with Crippen molar-refractivity contribution >= 4 is 9.84 Å². The highest BCUT2D eigenvalue weighted by Crippen LogP contribution is 2.35. The van der Waals surface area contributed by atoms with Gasteiger partial charge in [0.2, 0.25) is 0 Å². The Kier molecular flexibility index (Phi) is 6.08. The van der Waals surface area contributed by atoms with E-state index in [2.05, 4.69) is 5.32 Å². The zero-order valence-corrected chi connectivity index (χ0v) is 12.7. The molecular formula is C13H27NO3S. The first-order valence-corrected chi connectivity index (χ1v) is 8.90. The molecule has 0 amide bonds. The zero-order chi connectivity index (χ0) is 13.6. The van der Waals surface area contributed by atoms with Gasteiger partial charge in [-0.1, -0.05) is 19.3 Å². The molecule has 0 spiro atoms. The Morgan fingerprint density at radius 1 is 1.28 bits per heavy atom. The summed E-state index contributed by atoms with van der Waals surface area (Å²) < 4.78 is 28.2. The molecule has 1 fully saturated rings. The summed E-state index contributed by atoms with van der Waals surface area (Å²) in [5, 5.41) is 3.33. The first-order chi connectivity index (χ1) is 8.43. The first kappa shape index (κ1) is 15.9. The van der Waals surface area contributed by atoms with Gasteiger partial charge in [-0.05, 0) is 32.7 Å². The van der Waals surface area contributed by atoms with E-state index in [9.17, 15) is 8.42 Å². The fourth-order valence-electron chi connectivity index (χ4n) is 3.07. The number of rotatable bonds is 7. The highest BCUT2D eigenvalue weighted by Gasteiger charge is 2.38. The SMILES string of the molecule is CNC(CCCS(C)(=O)=O)C1(OC)CCCCC1. The molecule has 0 aromatic heterocycles. The maximum absolute atomic E-state index is 11.2. The van der Waals surface area contributed by atoms with Crippen LogP contribution in [0.3, 0.4) is 0 Å². The van der Waals surface area contributed by atoms with Crippen molar-refractivity contribution in [1.82, 2.24) is 5.32 Å². The van der Waals surface area contributed by atoms with Crippen molar-refractivity contribution in [3.63, 3.8) is 0 Å². The topological polar surface area (TPSA) is 55.4 Å². The standard InChI is InChI=1S/C13H27NO3S/c1-14-12(8-7-11-18(3,15)16)13(17-2)9-5-4-6-10-13/h12,14H,4-11H2,1-3H3. The minimum Gasteiger partial charge on any atom is -0.377 e. The van der Waals surface area contributed by atoms with E-state index in [1.807, 2.05) is 7.05 Å². The van der Waals surface area contributed by atoms with Gasteiger partial charge in [-0.3, -0.25) is 0 Å². The summed E-state index contributed by atoms with van der Waals surface area (Å²) in [7, 11) is 0.875. The molecule has 0 bridgehead atoms. The Labute approximate surface area is 111 Å². The minimum atomic E-state index is -2.85. The normalized spacial score (nSPS) is 21.7. The van der Waals surface area contributed by atoms with Gasteiger partial charge in [-0.2, -0.15) is 0 Å². The molecule has 108 valence electrons. The third-order valence-corrected chi connectivity index (χ3v) is 5.13. The second kappa shape index (κ2) is 6.87. The van der Waals surface area contributed by atoms with E-state index in [0.29, 0.717) is 6.42 Å². The number of ether oxygens (including phenoxy) is 1. The van der Waals surface area contributed by atoms with E-state index >= 15 is 0 Å². The van der Waals surface area contributed by atoms with Gasteiger partial charge in [0.25, 0.3) is 0 Å². The Balaban J connectivity index is 2.57. The lowest BCUT2D eigenvalue weighted by Gasteiger charge is -2.42. The van der Waals surface area contributed by atoms with Crippen molar-refractivity contribution < 1.29 is 13.2 Å². The van der Waals surface area contributed by atoms with Gasteiger partial charge in [-0.25, -0.2) is 8.42 Å². The molecule has 1 saturated carbocycles. The Bertz CT molecular complexity index is 334. The van der Waals surface area contributed by atoms with Crippen molar-refractivity contribution in [3.8, 4) is 0 Å². The molecule has 1 unspecified atom stereocenters. The lowest BCUT2D eigenvalue weighted by atomic mass is 9.77. The van der Waals surface area contributed by atoms with Crippen molar-refractivity contribution in [2.75, 3.05) is 26.2 Å². The Morgan fingerprint density at radius 2 is 1.89 bits per heavy atom. The molecule has 1 aliphatic carbocycles. The molecule has 5 heteroatoms. The van der Waals surface area contributed by atoms with E-state index in [1.54, 1.807) is 7.11 Å². The summed E-state index contributed by atoms with van der Waals surface area (Å²) in [6.45, 7) is 0. The van der Waals surface area contributed by atoms with Gasteiger partial charge in [0, 0.05) is 25.2 Å². The van der Waals surface area contributed by atoms with Gasteiger partial charge >= 0.3 is 0 Å². The molecule has 4 nitrogen and oxygen atoms in total. The molecule has 1 atom stereocenters. The Morgan fingerprint density at radius 3 is 2.33 bits per heavy atom. The van der Waals surface area contributed by atoms with Crippen LogP contribution in [0.5, 0.6) is 0 Å². The van der Waals surface area contributed by atoms with Crippen molar-refractivity contribution in [3.05, 3.63) is 0 Å². The summed E-state index contributed by atoms with van der Waals surface area (Å²) in [6.07, 6.45) is 8.71. The number of sulfone groups is 1. The van der Waals surface area contributed by atoms with E-state index in [-0.39, 0.29) is 17.4 Å². The van der Waals surface area contributed by atoms with E-state index in [1.165, 1.54) is 25.5 Å². The van der Waals surface area contributed by atoms with Crippen LogP contribution in [0.4, 0.5) is 0 Å². The van der Waals surface area contributed by atoms with Crippen LogP contribution in [0.15, 0.2) is 0 Å². The number of hydrogen-bond donors (Lipinski definition) is 1. The van der Waals surface area contributed by atoms with Crippen molar-refractivity contribution in [1.29, 1.82) is 0 Å². The molecule has 18 heavy (non-hydrogen) atoms. The predicted molar refractivity (Wildman–Crippen MR) is 74.6 cm³/mol. The summed E-state index contributed by atoms with van der Waals surface area (Å²) >= 11 is 0. The summed E-state index contributed by atoms with van der Waals surface area (Å²) in [4.78, 5) is 0. The molecule has 1 rings (SSSR count). The molecule has 0 saturated heterocycles. The van der Waals surface area contributed by atoms with Crippen LogP contribution < -0.4 is 5.32 Å². The van der Waals surface area contributed by atoms with E-state index in [4.69, 9.17) is 4.74 Å². The molecule has 0 heterocycles. The molecule has 0 aromatic rings. The van der Waals surface area contributed by atoms with Crippen LogP contribution in [0, 0.1) is 0 Å². The maximum atomic E-state index is 11.2. The lowest BCUT2D eigenvalue weighted by molar-refractivity contribution is -0.0677. The van der Waals surface area contributed by atoms with Gasteiger partial charge in [0.1, 0.15) is 9.84 Å². The van der Waals surface area contributed by atoms with Crippen LogP contribution >= 0.6 is 0 Å². The fraction of sp³-hybridized carbons (Fsp3) is 1.00. The second-order valence-electron chi connectivity index (χ2n) is 5.44. The van der Waals surface area contributed by atoms with Crippen LogP contribution in [-0.2, 0) is 14.6 Å². The quantitative estimate of drug-likeness (QED) is 0.770. The highest BCUT2D eigenvalue weighted by atomic mass is 32.2. The van der Waals surface area contributed by atoms with Gasteiger partial charge in [0.05, 0.1) is 5.60 Å². The van der Waals surface area contributed by atoms with Crippen molar-refractivity contribution in [2.24, 2.45) is 0 Å². The average molecular weight is 277 g/mol. The van der Waals surface area contributed by atoms with E-state index in [0.717, 1.165) is 19.3 Å². The number of nitrogens with one attached hydrogen (secondary N) is 1. The smallest absolute Gasteiger partial charge is 0.147 e. The zero-order valence-electron chi connectivity index (χ0n) is 11.9. The van der Waals surface area contributed by atoms with Crippen molar-refractivity contribution in [2.45, 2.75) is 56.6 Å². The first-order valence-electron chi connectivity index (χ1n) is 6.84. The van der Waals surface area contributed by atoms with Gasteiger partial charge < -0.3 is 10.1 Å². The molecule has 0 radical (unpaired) electrons. The molecule has 0 aliphatic heterocycles. The van der Waals surface area contributed by atoms with E-state index < -0.39 is 9.84 Å². The second-order valence-corrected chi connectivity index (χ2v) is 7.70. The summed E-state index contributed by atoms with van der Waals surface area (Å²) in [5.41, 5.74) is -0.0928. The average Bonchev–Trinajstić information content (AvgIpc) is 2.34. The number of hydrogen-bond acceptors (Lipinski definition) is 4. The highest BCUT2D eigenvalue weighted by molar-refractivity contribution is 7.90. The third kappa shape index (κ3) is 4.52. The molecule has 0 aromatic carbocycles. The monoisotopic (exact) mass is 277 g/mol. The number of methoxy groups -OCH3 is 1. The molecular weight excluding hydrogens is 250 g/mol. The minimum absolute atomic E-state index is 0.0928. The van der Waals surface area contributed by atoms with Crippen LogP contribution in [0.1, 0.15) is 44.9 Å². The summed E-state index contributed by atoms with van der Waals surface area (Å²) in [6, 6.07) is 0.254. The molecule has 1 aliphatic rings.